The van der Waals surface area contributed by atoms with Crippen LogP contribution in [0.2, 0.25) is 0 Å². The number of aliphatic carboxylic acids is 1. The second-order valence-electron chi connectivity index (χ2n) is 4.65. The molecule has 1 rings (SSSR count). The predicted molar refractivity (Wildman–Crippen MR) is 77.0 cm³/mol. The number of thiazole rings is 1. The highest BCUT2D eigenvalue weighted by molar-refractivity contribution is 7.07. The molecule has 0 saturated carbocycles. The van der Waals surface area contributed by atoms with E-state index in [1.165, 1.54) is 0 Å². The summed E-state index contributed by atoms with van der Waals surface area (Å²) in [7, 11) is 0. The molecule has 1 aromatic heterocycles. The largest absolute Gasteiger partial charge is 0.481 e. The van der Waals surface area contributed by atoms with Crippen LogP contribution >= 0.6 is 11.3 Å². The van der Waals surface area contributed by atoms with E-state index in [4.69, 9.17) is 5.11 Å². The van der Waals surface area contributed by atoms with Gasteiger partial charge in [-0.3, -0.25) is 14.4 Å². The van der Waals surface area contributed by atoms with Crippen molar-refractivity contribution < 1.29 is 14.7 Å². The quantitative estimate of drug-likeness (QED) is 0.755. The van der Waals surface area contributed by atoms with E-state index < -0.39 is 11.9 Å². The van der Waals surface area contributed by atoms with Gasteiger partial charge in [0.25, 0.3) is 0 Å². The molecule has 1 atom stereocenters. The van der Waals surface area contributed by atoms with E-state index >= 15 is 0 Å². The molecule has 0 spiro atoms. The number of carbonyl (C=O) groups excluding carboxylic acids is 1. The van der Waals surface area contributed by atoms with Gasteiger partial charge in [-0.05, 0) is 19.8 Å². The molecule has 0 radical (unpaired) electrons. The number of nitrogens with zero attached hydrogens (tertiary/aromatic N) is 1. The fourth-order valence-electron chi connectivity index (χ4n) is 1.80. The first-order valence-corrected chi connectivity index (χ1v) is 7.48. The molecule has 7 heteroatoms. The normalized spacial score (nSPS) is 12.1. The highest BCUT2D eigenvalue weighted by atomic mass is 32.1. The van der Waals surface area contributed by atoms with Crippen LogP contribution in [0.3, 0.4) is 0 Å². The highest BCUT2D eigenvalue weighted by Gasteiger charge is 2.15. The molecule has 6 nitrogen and oxygen atoms in total. The lowest BCUT2D eigenvalue weighted by molar-refractivity contribution is -0.141. The van der Waals surface area contributed by atoms with Crippen LogP contribution in [0.5, 0.6) is 0 Å². The van der Waals surface area contributed by atoms with Crippen LogP contribution < -0.4 is 10.2 Å². The molecule has 1 aromatic rings. The smallest absolute Gasteiger partial charge is 0.308 e. The van der Waals surface area contributed by atoms with Crippen molar-refractivity contribution in [1.82, 2.24) is 9.88 Å². The molecule has 0 aliphatic rings. The van der Waals surface area contributed by atoms with Gasteiger partial charge in [-0.1, -0.05) is 18.3 Å². The van der Waals surface area contributed by atoms with Crippen molar-refractivity contribution in [3.8, 4) is 0 Å². The number of hydrogen-bond donors (Lipinski definition) is 2. The maximum Gasteiger partial charge on any atom is 0.308 e. The standard InChI is InChI=1S/C13H20N2O4S/c1-3-10(12(17)18)7-14-11(16)5-4-6-15-9(2)8-20-13(15)19/h8,10H,3-7H2,1-2H3,(H,14,16)(H,17,18). The van der Waals surface area contributed by atoms with Crippen LogP contribution in [-0.2, 0) is 16.1 Å². The fourth-order valence-corrected chi connectivity index (χ4v) is 2.57. The summed E-state index contributed by atoms with van der Waals surface area (Å²) in [6.45, 7) is 4.30. The van der Waals surface area contributed by atoms with Crippen LogP contribution in [-0.4, -0.2) is 28.1 Å². The number of nitrogens with one attached hydrogen (secondary N) is 1. The number of aryl methyl sites for hydroxylation is 1. The van der Waals surface area contributed by atoms with E-state index in [0.29, 0.717) is 19.4 Å². The number of carbonyl (C=O) groups is 2. The number of carboxylic acids is 1. The first-order valence-electron chi connectivity index (χ1n) is 6.60. The Morgan fingerprint density at radius 1 is 1.50 bits per heavy atom. The van der Waals surface area contributed by atoms with E-state index in [-0.39, 0.29) is 23.7 Å². The van der Waals surface area contributed by atoms with Gasteiger partial charge in [-0.15, -0.1) is 0 Å². The third-order valence-corrected chi connectivity index (χ3v) is 4.03. The Morgan fingerprint density at radius 3 is 2.70 bits per heavy atom. The second kappa shape index (κ2) is 7.84. The highest BCUT2D eigenvalue weighted by Crippen LogP contribution is 2.03. The van der Waals surface area contributed by atoms with Gasteiger partial charge in [0, 0.05) is 30.6 Å². The van der Waals surface area contributed by atoms with Gasteiger partial charge < -0.3 is 15.0 Å². The SMILES string of the molecule is CCC(CNC(=O)CCCn1c(C)csc1=O)C(=O)O. The van der Waals surface area contributed by atoms with E-state index in [9.17, 15) is 14.4 Å². The lowest BCUT2D eigenvalue weighted by Crippen LogP contribution is -2.32. The van der Waals surface area contributed by atoms with Gasteiger partial charge in [0.1, 0.15) is 0 Å². The average molecular weight is 300 g/mol. The summed E-state index contributed by atoms with van der Waals surface area (Å²) in [4.78, 5) is 33.8. The molecule has 1 amide bonds. The summed E-state index contributed by atoms with van der Waals surface area (Å²) in [6.07, 6.45) is 1.34. The summed E-state index contributed by atoms with van der Waals surface area (Å²) >= 11 is 1.15. The van der Waals surface area contributed by atoms with Crippen molar-refractivity contribution >= 4 is 23.2 Å². The molecule has 20 heavy (non-hydrogen) atoms. The molecule has 1 unspecified atom stereocenters. The fraction of sp³-hybridized carbons (Fsp3) is 0.615. The maximum atomic E-state index is 11.6. The first-order chi connectivity index (χ1) is 9.45. The predicted octanol–water partition coefficient (Wildman–Crippen LogP) is 1.23. The average Bonchev–Trinajstić information content (AvgIpc) is 2.70. The Kier molecular flexibility index (Phi) is 6.44. The summed E-state index contributed by atoms with van der Waals surface area (Å²) in [5.74, 6) is -1.61. The number of aromatic nitrogens is 1. The van der Waals surface area contributed by atoms with Crippen molar-refractivity contribution in [2.24, 2.45) is 5.92 Å². The number of carboxylic acid groups (broad SMARTS) is 1. The molecule has 1 heterocycles. The number of amides is 1. The van der Waals surface area contributed by atoms with E-state index in [1.807, 2.05) is 6.92 Å². The first kappa shape index (κ1) is 16.4. The molecule has 0 bridgehead atoms. The van der Waals surface area contributed by atoms with Gasteiger partial charge in [-0.2, -0.15) is 0 Å². The molecule has 2 N–H and O–H groups in total. The maximum absolute atomic E-state index is 11.6. The zero-order chi connectivity index (χ0) is 15.1. The lowest BCUT2D eigenvalue weighted by Gasteiger charge is -2.11. The molecule has 0 fully saturated rings. The number of rotatable bonds is 8. The summed E-state index contributed by atoms with van der Waals surface area (Å²) in [5, 5.41) is 13.3. The minimum Gasteiger partial charge on any atom is -0.481 e. The Bertz CT molecular complexity index is 521. The van der Waals surface area contributed by atoms with E-state index in [1.54, 1.807) is 16.9 Å². The van der Waals surface area contributed by atoms with E-state index in [0.717, 1.165) is 17.0 Å². The minimum absolute atomic E-state index is 0.0140. The summed E-state index contributed by atoms with van der Waals surface area (Å²) in [5.41, 5.74) is 0.900. The topological polar surface area (TPSA) is 88.4 Å². The minimum atomic E-state index is -0.895. The van der Waals surface area contributed by atoms with Crippen molar-refractivity contribution in [2.75, 3.05) is 6.54 Å². The van der Waals surface area contributed by atoms with Crippen LogP contribution in [0.15, 0.2) is 10.2 Å². The van der Waals surface area contributed by atoms with Crippen LogP contribution in [0.25, 0.3) is 0 Å². The molecule has 0 aromatic carbocycles. The van der Waals surface area contributed by atoms with Gasteiger partial charge in [0.15, 0.2) is 0 Å². The van der Waals surface area contributed by atoms with E-state index in [2.05, 4.69) is 5.32 Å². The Labute approximate surface area is 121 Å². The number of hydrogen-bond acceptors (Lipinski definition) is 4. The molecule has 112 valence electrons. The zero-order valence-corrected chi connectivity index (χ0v) is 12.5. The van der Waals surface area contributed by atoms with Gasteiger partial charge in [0.2, 0.25) is 5.91 Å². The third kappa shape index (κ3) is 4.80. The molecule has 0 saturated heterocycles. The van der Waals surface area contributed by atoms with Gasteiger partial charge in [-0.25, -0.2) is 0 Å². The molecule has 0 aliphatic carbocycles. The second-order valence-corrected chi connectivity index (χ2v) is 5.47. The summed E-state index contributed by atoms with van der Waals surface area (Å²) in [6, 6.07) is 0. The monoisotopic (exact) mass is 300 g/mol. The van der Waals surface area contributed by atoms with Crippen molar-refractivity contribution in [2.45, 2.75) is 39.7 Å². The van der Waals surface area contributed by atoms with Crippen molar-refractivity contribution in [1.29, 1.82) is 0 Å². The van der Waals surface area contributed by atoms with Crippen molar-refractivity contribution in [3.05, 3.63) is 20.7 Å². The van der Waals surface area contributed by atoms with Gasteiger partial charge in [0.05, 0.1) is 5.92 Å². The molecule has 0 aliphatic heterocycles. The zero-order valence-electron chi connectivity index (χ0n) is 11.7. The third-order valence-electron chi connectivity index (χ3n) is 3.15. The Morgan fingerprint density at radius 2 is 2.20 bits per heavy atom. The van der Waals surface area contributed by atoms with Crippen LogP contribution in [0, 0.1) is 12.8 Å². The summed E-state index contributed by atoms with van der Waals surface area (Å²) < 4.78 is 1.64. The Hall–Kier alpha value is -1.63. The van der Waals surface area contributed by atoms with Crippen LogP contribution in [0.4, 0.5) is 0 Å². The lowest BCUT2D eigenvalue weighted by atomic mass is 10.1. The Balaban J connectivity index is 2.30. The van der Waals surface area contributed by atoms with Crippen molar-refractivity contribution in [3.63, 3.8) is 0 Å². The van der Waals surface area contributed by atoms with Gasteiger partial charge >= 0.3 is 10.8 Å². The molecular weight excluding hydrogens is 280 g/mol. The van der Waals surface area contributed by atoms with Crippen LogP contribution in [0.1, 0.15) is 31.9 Å². The molecular formula is C13H20N2O4S.